The van der Waals surface area contributed by atoms with Gasteiger partial charge in [-0.25, -0.2) is 4.98 Å². The minimum absolute atomic E-state index is 0.355. The Hall–Kier alpha value is -4.01. The van der Waals surface area contributed by atoms with Gasteiger partial charge in [0.2, 0.25) is 0 Å². The van der Waals surface area contributed by atoms with E-state index in [1.54, 1.807) is 23.4 Å². The molecule has 11 nitrogen and oxygen atoms in total. The number of rotatable bonds is 8. The van der Waals surface area contributed by atoms with Gasteiger partial charge in [-0.3, -0.25) is 4.57 Å². The highest BCUT2D eigenvalue weighted by atomic mass is 16.5. The molecule has 0 spiro atoms. The third-order valence-electron chi connectivity index (χ3n) is 6.33. The lowest BCUT2D eigenvalue weighted by Crippen LogP contribution is -2.41. The van der Waals surface area contributed by atoms with E-state index in [9.17, 15) is 5.26 Å². The summed E-state index contributed by atoms with van der Waals surface area (Å²) in [5, 5.41) is 32.5. The second-order valence-electron chi connectivity index (χ2n) is 8.95. The van der Waals surface area contributed by atoms with E-state index in [2.05, 4.69) is 54.4 Å². The van der Waals surface area contributed by atoms with Crippen molar-refractivity contribution in [2.45, 2.75) is 37.8 Å². The standard InChI is InChI=1S/C24H26N10O/c25-11-20-12-27-24-21(30-17-5-6-17)10-23(32-34(20)24)31-18-3-1-16(2-4-19-13-35-8-7-26-19)22(9-18)33-14-28-29-15-33/h1,3,9-10,12,14-15,17,19,26,30H,2,4-8,13H2,(H,31,32). The van der Waals surface area contributed by atoms with E-state index >= 15 is 0 Å². The maximum absolute atomic E-state index is 9.49. The van der Waals surface area contributed by atoms with Crippen LogP contribution in [0.5, 0.6) is 0 Å². The van der Waals surface area contributed by atoms with Crippen molar-refractivity contribution in [2.75, 3.05) is 30.4 Å². The van der Waals surface area contributed by atoms with E-state index in [4.69, 9.17) is 4.74 Å². The lowest BCUT2D eigenvalue weighted by atomic mass is 10.0. The number of fused-ring (bicyclic) bond motifs is 1. The van der Waals surface area contributed by atoms with Crippen molar-refractivity contribution < 1.29 is 4.74 Å². The van der Waals surface area contributed by atoms with E-state index in [1.807, 2.05) is 16.7 Å². The maximum Gasteiger partial charge on any atom is 0.178 e. The molecule has 11 heteroatoms. The summed E-state index contributed by atoms with van der Waals surface area (Å²) >= 11 is 0. The zero-order valence-electron chi connectivity index (χ0n) is 19.2. The molecule has 0 radical (unpaired) electrons. The van der Waals surface area contributed by atoms with E-state index < -0.39 is 0 Å². The quantitative estimate of drug-likeness (QED) is 0.355. The van der Waals surface area contributed by atoms with Crippen LogP contribution in [0.4, 0.5) is 17.2 Å². The molecule has 1 saturated heterocycles. The average Bonchev–Trinajstić information content (AvgIpc) is 3.36. The molecule has 1 unspecified atom stereocenters. The summed E-state index contributed by atoms with van der Waals surface area (Å²) in [7, 11) is 0. The fourth-order valence-electron chi connectivity index (χ4n) is 4.36. The SMILES string of the molecule is N#Cc1cnc2c(NC3CC3)cc(Nc3ccc(CCC4COCCN4)c(-n4cnnc4)c3)nn12. The predicted octanol–water partition coefficient (Wildman–Crippen LogP) is 2.42. The number of morpholine rings is 1. The molecule has 3 aromatic heterocycles. The van der Waals surface area contributed by atoms with Crippen molar-refractivity contribution >= 4 is 22.8 Å². The zero-order chi connectivity index (χ0) is 23.6. The van der Waals surface area contributed by atoms with Crippen LogP contribution in [-0.4, -0.2) is 61.2 Å². The van der Waals surface area contributed by atoms with Crippen LogP contribution < -0.4 is 16.0 Å². The third kappa shape index (κ3) is 4.66. The summed E-state index contributed by atoms with van der Waals surface area (Å²) in [4.78, 5) is 4.39. The molecule has 35 heavy (non-hydrogen) atoms. The molecule has 2 fully saturated rings. The van der Waals surface area contributed by atoms with Gasteiger partial charge in [-0.15, -0.1) is 15.3 Å². The number of nitriles is 1. The third-order valence-corrected chi connectivity index (χ3v) is 6.33. The van der Waals surface area contributed by atoms with E-state index in [-0.39, 0.29) is 0 Å². The minimum atomic E-state index is 0.355. The molecule has 0 amide bonds. The van der Waals surface area contributed by atoms with Gasteiger partial charge in [0.05, 0.1) is 30.8 Å². The number of hydrogen-bond acceptors (Lipinski definition) is 9. The van der Waals surface area contributed by atoms with Crippen LogP contribution in [-0.2, 0) is 11.2 Å². The Morgan fingerprint density at radius 3 is 2.86 bits per heavy atom. The molecule has 3 N–H and O–H groups in total. The topological polar surface area (TPSA) is 130 Å². The van der Waals surface area contributed by atoms with Gasteiger partial charge in [0, 0.05) is 30.4 Å². The summed E-state index contributed by atoms with van der Waals surface area (Å²) in [6.45, 7) is 2.41. The first-order chi connectivity index (χ1) is 17.3. The summed E-state index contributed by atoms with van der Waals surface area (Å²) < 4.78 is 9.11. The van der Waals surface area contributed by atoms with Crippen molar-refractivity contribution in [3.8, 4) is 11.8 Å². The number of nitrogens with zero attached hydrogens (tertiary/aromatic N) is 7. The number of ether oxygens (including phenoxy) is 1. The number of nitrogens with one attached hydrogen (secondary N) is 3. The van der Waals surface area contributed by atoms with Crippen molar-refractivity contribution in [3.63, 3.8) is 0 Å². The summed E-state index contributed by atoms with van der Waals surface area (Å²) in [5.74, 6) is 0.626. The van der Waals surface area contributed by atoms with Crippen LogP contribution in [0.25, 0.3) is 11.3 Å². The first-order valence-corrected chi connectivity index (χ1v) is 11.9. The summed E-state index contributed by atoms with van der Waals surface area (Å²) in [6.07, 6.45) is 9.11. The monoisotopic (exact) mass is 470 g/mol. The molecule has 178 valence electrons. The van der Waals surface area contributed by atoms with Crippen LogP contribution in [0.15, 0.2) is 43.1 Å². The van der Waals surface area contributed by atoms with Crippen molar-refractivity contribution in [2.24, 2.45) is 0 Å². The smallest absolute Gasteiger partial charge is 0.178 e. The first-order valence-electron chi connectivity index (χ1n) is 11.9. The number of imidazole rings is 1. The van der Waals surface area contributed by atoms with Gasteiger partial charge in [-0.1, -0.05) is 6.07 Å². The van der Waals surface area contributed by atoms with Crippen LogP contribution in [0, 0.1) is 11.3 Å². The second-order valence-corrected chi connectivity index (χ2v) is 8.95. The van der Waals surface area contributed by atoms with Crippen LogP contribution in [0.2, 0.25) is 0 Å². The van der Waals surface area contributed by atoms with Crippen molar-refractivity contribution in [1.29, 1.82) is 5.26 Å². The minimum Gasteiger partial charge on any atom is -0.379 e. The largest absolute Gasteiger partial charge is 0.379 e. The Kier molecular flexibility index (Phi) is 5.73. The highest BCUT2D eigenvalue weighted by molar-refractivity contribution is 5.74. The van der Waals surface area contributed by atoms with Crippen LogP contribution in [0.3, 0.4) is 0 Å². The molecule has 1 saturated carbocycles. The zero-order valence-corrected chi connectivity index (χ0v) is 19.2. The molecule has 6 rings (SSSR count). The number of aromatic nitrogens is 6. The van der Waals surface area contributed by atoms with Gasteiger partial charge in [0.15, 0.2) is 17.2 Å². The molecule has 0 bridgehead atoms. The van der Waals surface area contributed by atoms with Crippen molar-refractivity contribution in [3.05, 3.63) is 54.4 Å². The number of hydrogen-bond donors (Lipinski definition) is 3. The summed E-state index contributed by atoms with van der Waals surface area (Å²) in [5.41, 5.74) is 4.99. The normalized spacial score (nSPS) is 17.9. The van der Waals surface area contributed by atoms with Gasteiger partial charge in [-0.05, 0) is 43.4 Å². The van der Waals surface area contributed by atoms with E-state index in [0.29, 0.717) is 29.2 Å². The Morgan fingerprint density at radius 1 is 1.20 bits per heavy atom. The highest BCUT2D eigenvalue weighted by Gasteiger charge is 2.23. The molecule has 1 atom stereocenters. The fourth-order valence-corrected chi connectivity index (χ4v) is 4.36. The first kappa shape index (κ1) is 21.5. The molecule has 4 aromatic rings. The highest BCUT2D eigenvalue weighted by Crippen LogP contribution is 2.30. The van der Waals surface area contributed by atoms with Crippen LogP contribution in [0.1, 0.15) is 30.5 Å². The Bertz CT molecular complexity index is 1360. The van der Waals surface area contributed by atoms with Crippen LogP contribution >= 0.6 is 0 Å². The Labute approximate surface area is 202 Å². The van der Waals surface area contributed by atoms with Crippen molar-refractivity contribution in [1.82, 2.24) is 34.7 Å². The lowest BCUT2D eigenvalue weighted by molar-refractivity contribution is 0.0743. The molecule has 2 aliphatic rings. The molecular formula is C24H26N10O. The summed E-state index contributed by atoms with van der Waals surface area (Å²) in [6, 6.07) is 11.2. The Balaban J connectivity index is 1.30. The van der Waals surface area contributed by atoms with E-state index in [1.165, 1.54) is 5.56 Å². The van der Waals surface area contributed by atoms with E-state index in [0.717, 1.165) is 62.5 Å². The van der Waals surface area contributed by atoms with Gasteiger partial charge in [0.25, 0.3) is 0 Å². The Morgan fingerprint density at radius 2 is 2.09 bits per heavy atom. The maximum atomic E-state index is 9.49. The molecule has 1 aromatic carbocycles. The molecule has 4 heterocycles. The van der Waals surface area contributed by atoms with Gasteiger partial charge < -0.3 is 20.7 Å². The molecular weight excluding hydrogens is 444 g/mol. The number of benzene rings is 1. The number of anilines is 3. The second kappa shape index (κ2) is 9.32. The van der Waals surface area contributed by atoms with Gasteiger partial charge in [-0.2, -0.15) is 9.78 Å². The predicted molar refractivity (Wildman–Crippen MR) is 130 cm³/mol. The van der Waals surface area contributed by atoms with Gasteiger partial charge in [0.1, 0.15) is 18.7 Å². The number of aryl methyl sites for hydroxylation is 1. The molecule has 1 aliphatic carbocycles. The lowest BCUT2D eigenvalue weighted by Gasteiger charge is -2.24. The van der Waals surface area contributed by atoms with Gasteiger partial charge >= 0.3 is 0 Å². The average molecular weight is 471 g/mol. The fraction of sp³-hybridized carbons (Fsp3) is 0.375. The molecule has 1 aliphatic heterocycles.